The Morgan fingerprint density at radius 3 is 2.49 bits per heavy atom. The van der Waals surface area contributed by atoms with E-state index in [1.54, 1.807) is 19.1 Å². The molecule has 3 heterocycles. The van der Waals surface area contributed by atoms with Crippen LogP contribution < -0.4 is 20.3 Å². The monoisotopic (exact) mass is 520 g/mol. The fourth-order valence-corrected chi connectivity index (χ4v) is 5.17. The molecule has 11 heteroatoms. The number of benzene rings is 2. The lowest BCUT2D eigenvalue weighted by Crippen LogP contribution is -2.49. The minimum absolute atomic E-state index is 0.155. The first-order valence-corrected chi connectivity index (χ1v) is 12.7. The maximum absolute atomic E-state index is 12.8. The van der Waals surface area contributed by atoms with E-state index in [1.807, 2.05) is 49.4 Å². The molecule has 0 bridgehead atoms. The van der Waals surface area contributed by atoms with Crippen molar-refractivity contribution in [3.05, 3.63) is 70.1 Å². The first kappa shape index (κ1) is 24.7. The lowest BCUT2D eigenvalue weighted by Gasteiger charge is -2.34. The number of carbonyl (C=O) groups is 1. The molecule has 1 fully saturated rings. The van der Waals surface area contributed by atoms with E-state index in [0.29, 0.717) is 59.8 Å². The number of nitrogens with zero attached hydrogens (tertiary/aromatic N) is 5. The Hall–Kier alpha value is -3.96. The normalized spacial score (nSPS) is 14.1. The molecule has 1 saturated heterocycles. The second-order valence-electron chi connectivity index (χ2n) is 8.81. The van der Waals surface area contributed by atoms with Crippen molar-refractivity contribution in [2.75, 3.05) is 45.7 Å². The summed E-state index contributed by atoms with van der Waals surface area (Å²) in [6.07, 6.45) is 0. The highest BCUT2D eigenvalue weighted by atomic mass is 32.1. The van der Waals surface area contributed by atoms with Crippen LogP contribution in [0, 0.1) is 6.92 Å². The molecule has 1 aliphatic rings. The summed E-state index contributed by atoms with van der Waals surface area (Å²) < 4.78 is 11.9. The molecule has 4 aromatic rings. The fourth-order valence-electron chi connectivity index (χ4n) is 4.24. The van der Waals surface area contributed by atoms with Gasteiger partial charge in [-0.05, 0) is 48.9 Å². The van der Waals surface area contributed by atoms with Crippen LogP contribution in [0.1, 0.15) is 11.3 Å². The lowest BCUT2D eigenvalue weighted by atomic mass is 10.2. The van der Waals surface area contributed by atoms with Crippen LogP contribution in [0.25, 0.3) is 15.5 Å². The van der Waals surface area contributed by atoms with Crippen LogP contribution in [0.3, 0.4) is 0 Å². The molecule has 37 heavy (non-hydrogen) atoms. The van der Waals surface area contributed by atoms with Gasteiger partial charge in [-0.2, -0.15) is 9.61 Å². The van der Waals surface area contributed by atoms with Crippen molar-refractivity contribution in [2.24, 2.45) is 0 Å². The first-order valence-electron chi connectivity index (χ1n) is 11.9. The number of aromatic nitrogens is 3. The molecule has 0 aliphatic carbocycles. The molecule has 2 aromatic carbocycles. The number of anilines is 1. The third kappa shape index (κ3) is 5.42. The third-order valence-electron chi connectivity index (χ3n) is 6.28. The number of urea groups is 1. The minimum Gasteiger partial charge on any atom is -0.497 e. The third-order valence-corrected chi connectivity index (χ3v) is 7.23. The Labute approximate surface area is 218 Å². The van der Waals surface area contributed by atoms with E-state index >= 15 is 0 Å². The molecule has 0 saturated carbocycles. The molecule has 2 amide bonds. The van der Waals surface area contributed by atoms with Crippen LogP contribution in [0.2, 0.25) is 0 Å². The summed E-state index contributed by atoms with van der Waals surface area (Å²) in [5.41, 5.74) is 3.08. The van der Waals surface area contributed by atoms with Crippen molar-refractivity contribution in [1.82, 2.24) is 24.4 Å². The lowest BCUT2D eigenvalue weighted by molar-refractivity contribution is 0.142. The minimum atomic E-state index is -0.207. The van der Waals surface area contributed by atoms with Gasteiger partial charge in [0.2, 0.25) is 4.96 Å². The van der Waals surface area contributed by atoms with Gasteiger partial charge in [-0.25, -0.2) is 9.78 Å². The Balaban J connectivity index is 1.22. The number of methoxy groups -OCH3 is 2. The van der Waals surface area contributed by atoms with Crippen LogP contribution in [-0.2, 0) is 6.54 Å². The van der Waals surface area contributed by atoms with Gasteiger partial charge < -0.3 is 19.7 Å². The number of hydrogen-bond acceptors (Lipinski definition) is 8. The summed E-state index contributed by atoms with van der Waals surface area (Å²) >= 11 is 1.37. The van der Waals surface area contributed by atoms with Crippen molar-refractivity contribution in [3.63, 3.8) is 0 Å². The van der Waals surface area contributed by atoms with Gasteiger partial charge in [-0.15, -0.1) is 0 Å². The Kier molecular flexibility index (Phi) is 7.06. The summed E-state index contributed by atoms with van der Waals surface area (Å²) in [6, 6.07) is 14.6. The van der Waals surface area contributed by atoms with E-state index in [9.17, 15) is 9.59 Å². The Morgan fingerprint density at radius 2 is 1.78 bits per heavy atom. The number of rotatable bonds is 6. The van der Waals surface area contributed by atoms with Gasteiger partial charge >= 0.3 is 6.03 Å². The van der Waals surface area contributed by atoms with Crippen molar-refractivity contribution < 1.29 is 14.3 Å². The van der Waals surface area contributed by atoms with Crippen molar-refractivity contribution >= 4 is 28.0 Å². The van der Waals surface area contributed by atoms with Crippen LogP contribution in [0.5, 0.6) is 11.5 Å². The number of hydrogen-bond donors (Lipinski definition) is 1. The highest BCUT2D eigenvalue weighted by molar-refractivity contribution is 7.19. The molecule has 0 radical (unpaired) electrons. The van der Waals surface area contributed by atoms with E-state index in [0.717, 1.165) is 16.9 Å². The summed E-state index contributed by atoms with van der Waals surface area (Å²) in [7, 11) is 3.21. The largest absolute Gasteiger partial charge is 0.497 e. The molecule has 1 aliphatic heterocycles. The topological polar surface area (TPSA) is 101 Å². The highest BCUT2D eigenvalue weighted by Gasteiger charge is 2.23. The summed E-state index contributed by atoms with van der Waals surface area (Å²) in [5.74, 6) is 1.39. The van der Waals surface area contributed by atoms with Gasteiger partial charge in [-0.1, -0.05) is 17.4 Å². The van der Waals surface area contributed by atoms with Gasteiger partial charge in [0, 0.05) is 44.4 Å². The molecule has 1 N–H and O–H groups in total. The van der Waals surface area contributed by atoms with E-state index in [2.05, 4.69) is 15.3 Å². The molecular weight excluding hydrogens is 492 g/mol. The molecule has 5 rings (SSSR count). The summed E-state index contributed by atoms with van der Waals surface area (Å²) in [5, 5.41) is 8.13. The predicted molar refractivity (Wildman–Crippen MR) is 143 cm³/mol. The van der Waals surface area contributed by atoms with Gasteiger partial charge in [0.1, 0.15) is 16.5 Å². The maximum Gasteiger partial charge on any atom is 0.322 e. The quantitative estimate of drug-likeness (QED) is 0.415. The van der Waals surface area contributed by atoms with Crippen molar-refractivity contribution in [2.45, 2.75) is 13.5 Å². The number of fused-ring (bicyclic) bond motifs is 1. The summed E-state index contributed by atoms with van der Waals surface area (Å²) in [4.78, 5) is 34.8. The Morgan fingerprint density at radius 1 is 1.03 bits per heavy atom. The van der Waals surface area contributed by atoms with E-state index in [1.165, 1.54) is 21.9 Å². The van der Waals surface area contributed by atoms with Crippen molar-refractivity contribution in [1.29, 1.82) is 0 Å². The average Bonchev–Trinajstić information content (AvgIpc) is 3.34. The highest BCUT2D eigenvalue weighted by Crippen LogP contribution is 2.27. The Bertz CT molecular complexity index is 1470. The second-order valence-corrected chi connectivity index (χ2v) is 9.77. The number of amides is 2. The molecule has 0 unspecified atom stereocenters. The number of piperazine rings is 1. The zero-order valence-corrected chi connectivity index (χ0v) is 21.7. The molecular formula is C26H28N6O4S. The SMILES string of the molecule is COc1ccc(-c2nn3c(=O)cc(CN4CCN(C(=O)Nc5cc(C)ccc5OC)CC4)nc3s2)cc1. The second kappa shape index (κ2) is 10.6. The van der Waals surface area contributed by atoms with Crippen molar-refractivity contribution in [3.8, 4) is 22.1 Å². The van der Waals surface area contributed by atoms with Crippen LogP contribution in [0.15, 0.2) is 53.3 Å². The zero-order chi connectivity index (χ0) is 25.9. The number of aryl methyl sites for hydroxylation is 1. The van der Waals surface area contributed by atoms with E-state index in [4.69, 9.17) is 14.5 Å². The van der Waals surface area contributed by atoms with Gasteiger partial charge in [0.25, 0.3) is 5.56 Å². The molecule has 2 aromatic heterocycles. The van der Waals surface area contributed by atoms with Crippen LogP contribution in [0.4, 0.5) is 10.5 Å². The number of carbonyl (C=O) groups excluding carboxylic acids is 1. The smallest absolute Gasteiger partial charge is 0.322 e. The average molecular weight is 521 g/mol. The maximum atomic E-state index is 12.8. The van der Waals surface area contributed by atoms with Crippen LogP contribution >= 0.6 is 11.3 Å². The van der Waals surface area contributed by atoms with Gasteiger partial charge in [-0.3, -0.25) is 9.69 Å². The molecule has 10 nitrogen and oxygen atoms in total. The molecule has 0 atom stereocenters. The number of ether oxygens (including phenoxy) is 2. The molecule has 192 valence electrons. The van der Waals surface area contributed by atoms with E-state index in [-0.39, 0.29) is 11.6 Å². The summed E-state index contributed by atoms with van der Waals surface area (Å²) in [6.45, 7) is 5.00. The zero-order valence-electron chi connectivity index (χ0n) is 20.9. The number of nitrogens with one attached hydrogen (secondary N) is 1. The van der Waals surface area contributed by atoms with Crippen LogP contribution in [-0.4, -0.2) is 70.8 Å². The first-order chi connectivity index (χ1) is 17.9. The van der Waals surface area contributed by atoms with Gasteiger partial charge in [0.05, 0.1) is 25.6 Å². The van der Waals surface area contributed by atoms with E-state index < -0.39 is 0 Å². The molecule has 0 spiro atoms. The standard InChI is InChI=1S/C26H28N6O4S/c1-17-4-9-22(36-3)21(14-17)28-25(34)31-12-10-30(11-13-31)16-19-15-23(33)32-26(27-19)37-24(29-32)18-5-7-20(35-2)8-6-18/h4-9,14-15H,10-13,16H2,1-3H3,(H,28,34). The predicted octanol–water partition coefficient (Wildman–Crippen LogP) is 3.49. The fraction of sp³-hybridized carbons (Fsp3) is 0.308. The van der Waals surface area contributed by atoms with Gasteiger partial charge in [0.15, 0.2) is 0 Å².